The topological polar surface area (TPSA) is 84.9 Å². The zero-order valence-corrected chi connectivity index (χ0v) is 19.1. The van der Waals surface area contributed by atoms with Gasteiger partial charge in [-0.25, -0.2) is 4.79 Å². The smallest absolute Gasteiger partial charge is 0.322 e. The monoisotopic (exact) mass is 454 g/mol. The highest BCUT2D eigenvalue weighted by Crippen LogP contribution is 2.30. The Labute approximate surface area is 183 Å². The first-order valence-electron chi connectivity index (χ1n) is 9.61. The number of hydrogen-bond donors (Lipinski definition) is 1. The molecule has 0 aliphatic heterocycles. The minimum absolute atomic E-state index is 0.0526. The molecule has 9 heteroatoms. The van der Waals surface area contributed by atoms with Crippen molar-refractivity contribution in [3.63, 3.8) is 0 Å². The first kappa shape index (κ1) is 23.8. The van der Waals surface area contributed by atoms with E-state index < -0.39 is 10.1 Å². The minimum Gasteiger partial charge on any atom is -0.493 e. The van der Waals surface area contributed by atoms with Gasteiger partial charge >= 0.3 is 16.1 Å². The van der Waals surface area contributed by atoms with Crippen molar-refractivity contribution in [3.05, 3.63) is 53.1 Å². The number of anilines is 1. The van der Waals surface area contributed by atoms with E-state index in [0.717, 1.165) is 6.42 Å². The molecule has 0 aliphatic rings. The lowest BCUT2D eigenvalue weighted by Gasteiger charge is -2.29. The Hall–Kier alpha value is -2.45. The Balaban J connectivity index is 2.27. The van der Waals surface area contributed by atoms with Crippen LogP contribution in [0.1, 0.15) is 32.8 Å². The molecule has 30 heavy (non-hydrogen) atoms. The Morgan fingerprint density at radius 1 is 1.13 bits per heavy atom. The normalized spacial score (nSPS) is 12.2. The molecule has 0 radical (unpaired) electrons. The SMILES string of the molecule is CCC(C)N(Cc1ccc(OC)c(OS(=O)(=O)CC)c1)C(=O)Nc1ccc(Cl)cc1. The van der Waals surface area contributed by atoms with Crippen molar-refractivity contribution >= 4 is 33.4 Å². The molecule has 0 saturated carbocycles. The Kier molecular flexibility index (Phi) is 8.37. The summed E-state index contributed by atoms with van der Waals surface area (Å²) in [6.07, 6.45) is 0.748. The lowest BCUT2D eigenvalue weighted by atomic mass is 10.1. The Bertz CT molecular complexity index is 964. The summed E-state index contributed by atoms with van der Waals surface area (Å²) in [4.78, 5) is 14.6. The molecule has 2 amide bonds. The second kappa shape index (κ2) is 10.5. The van der Waals surface area contributed by atoms with Crippen molar-refractivity contribution in [3.8, 4) is 11.5 Å². The molecule has 0 bridgehead atoms. The predicted molar refractivity (Wildman–Crippen MR) is 119 cm³/mol. The van der Waals surface area contributed by atoms with Crippen LogP contribution in [-0.2, 0) is 16.7 Å². The van der Waals surface area contributed by atoms with Gasteiger partial charge in [0.05, 0.1) is 12.9 Å². The van der Waals surface area contributed by atoms with Crippen LogP contribution in [0.4, 0.5) is 10.5 Å². The van der Waals surface area contributed by atoms with Crippen LogP contribution < -0.4 is 14.2 Å². The van der Waals surface area contributed by atoms with Crippen LogP contribution in [0.5, 0.6) is 11.5 Å². The summed E-state index contributed by atoms with van der Waals surface area (Å²) in [5.41, 5.74) is 1.34. The van der Waals surface area contributed by atoms with Gasteiger partial charge in [0.15, 0.2) is 11.5 Å². The quantitative estimate of drug-likeness (QED) is 0.544. The summed E-state index contributed by atoms with van der Waals surface area (Å²) in [6, 6.07) is 11.5. The summed E-state index contributed by atoms with van der Waals surface area (Å²) in [5.74, 6) is 0.235. The molecule has 2 rings (SSSR count). The van der Waals surface area contributed by atoms with Crippen molar-refractivity contribution in [1.82, 2.24) is 4.90 Å². The molecule has 0 aliphatic carbocycles. The van der Waals surface area contributed by atoms with Crippen molar-refractivity contribution in [2.24, 2.45) is 0 Å². The number of carbonyl (C=O) groups is 1. The zero-order valence-electron chi connectivity index (χ0n) is 17.5. The number of urea groups is 1. The average molecular weight is 455 g/mol. The molecule has 1 N–H and O–H groups in total. The molecule has 2 aromatic rings. The van der Waals surface area contributed by atoms with Gasteiger partial charge in [0.25, 0.3) is 0 Å². The number of hydrogen-bond acceptors (Lipinski definition) is 5. The van der Waals surface area contributed by atoms with Crippen molar-refractivity contribution < 1.29 is 22.1 Å². The van der Waals surface area contributed by atoms with Crippen LogP contribution >= 0.6 is 11.6 Å². The number of nitrogens with one attached hydrogen (secondary N) is 1. The number of methoxy groups -OCH3 is 1. The first-order chi connectivity index (χ1) is 14.2. The molecular weight excluding hydrogens is 428 g/mol. The summed E-state index contributed by atoms with van der Waals surface area (Å²) in [5, 5.41) is 3.45. The molecule has 0 aromatic heterocycles. The van der Waals surface area contributed by atoms with E-state index in [-0.39, 0.29) is 30.1 Å². The molecular formula is C21H27ClN2O5S. The maximum Gasteiger partial charge on any atom is 0.322 e. The third kappa shape index (κ3) is 6.53. The van der Waals surface area contributed by atoms with Crippen LogP contribution in [0, 0.1) is 0 Å². The number of ether oxygens (including phenoxy) is 1. The van der Waals surface area contributed by atoms with Gasteiger partial charge in [0.1, 0.15) is 0 Å². The summed E-state index contributed by atoms with van der Waals surface area (Å²) < 4.78 is 34.2. The van der Waals surface area contributed by atoms with E-state index in [1.165, 1.54) is 14.0 Å². The third-order valence-electron chi connectivity index (χ3n) is 4.63. The number of rotatable bonds is 9. The number of benzene rings is 2. The molecule has 0 saturated heterocycles. The third-order valence-corrected chi connectivity index (χ3v) is 6.02. The number of halogens is 1. The van der Waals surface area contributed by atoms with Crippen LogP contribution in [0.25, 0.3) is 0 Å². The second-order valence-electron chi connectivity index (χ2n) is 6.74. The highest BCUT2D eigenvalue weighted by molar-refractivity contribution is 7.87. The van der Waals surface area contributed by atoms with E-state index in [4.69, 9.17) is 20.5 Å². The van der Waals surface area contributed by atoms with E-state index in [1.807, 2.05) is 13.8 Å². The Morgan fingerprint density at radius 2 is 1.80 bits per heavy atom. The summed E-state index contributed by atoms with van der Waals surface area (Å²) >= 11 is 5.90. The minimum atomic E-state index is -3.72. The first-order valence-corrected chi connectivity index (χ1v) is 11.6. The van der Waals surface area contributed by atoms with Crippen LogP contribution in [0.15, 0.2) is 42.5 Å². The fourth-order valence-electron chi connectivity index (χ4n) is 2.65. The molecule has 0 spiro atoms. The summed E-state index contributed by atoms with van der Waals surface area (Å²) in [6.45, 7) is 5.70. The largest absolute Gasteiger partial charge is 0.493 e. The second-order valence-corrected chi connectivity index (χ2v) is 9.03. The molecule has 1 unspecified atom stereocenters. The van der Waals surface area contributed by atoms with Gasteiger partial charge in [-0.05, 0) is 62.2 Å². The maximum atomic E-state index is 12.9. The van der Waals surface area contributed by atoms with E-state index in [0.29, 0.717) is 22.0 Å². The molecule has 0 heterocycles. The van der Waals surface area contributed by atoms with E-state index >= 15 is 0 Å². The molecule has 0 fully saturated rings. The van der Waals surface area contributed by atoms with E-state index in [9.17, 15) is 13.2 Å². The van der Waals surface area contributed by atoms with Crippen molar-refractivity contribution in [2.75, 3.05) is 18.2 Å². The van der Waals surface area contributed by atoms with Crippen molar-refractivity contribution in [1.29, 1.82) is 0 Å². The highest BCUT2D eigenvalue weighted by atomic mass is 35.5. The average Bonchev–Trinajstić information content (AvgIpc) is 2.73. The van der Waals surface area contributed by atoms with Gasteiger partial charge in [-0.3, -0.25) is 0 Å². The number of amides is 2. The van der Waals surface area contributed by atoms with Gasteiger partial charge in [0, 0.05) is 23.3 Å². The van der Waals surface area contributed by atoms with Gasteiger partial charge in [-0.2, -0.15) is 8.42 Å². The maximum absolute atomic E-state index is 12.9. The molecule has 2 aromatic carbocycles. The van der Waals surface area contributed by atoms with Gasteiger partial charge in [0.2, 0.25) is 0 Å². The fourth-order valence-corrected chi connectivity index (χ4v) is 3.30. The lowest BCUT2D eigenvalue weighted by molar-refractivity contribution is 0.187. The van der Waals surface area contributed by atoms with Gasteiger partial charge < -0.3 is 19.1 Å². The Morgan fingerprint density at radius 3 is 2.37 bits per heavy atom. The van der Waals surface area contributed by atoms with Crippen LogP contribution in [-0.4, -0.2) is 38.3 Å². The standard InChI is InChI=1S/C21H27ClN2O5S/c1-5-15(3)24(21(25)23-18-10-8-17(22)9-11-18)14-16-7-12-19(28-4)20(13-16)29-30(26,27)6-2/h7-13,15H,5-6,14H2,1-4H3,(H,23,25). The predicted octanol–water partition coefficient (Wildman–Crippen LogP) is 4.91. The van der Waals surface area contributed by atoms with Crippen molar-refractivity contribution in [2.45, 2.75) is 39.8 Å². The number of nitrogens with zero attached hydrogens (tertiary/aromatic N) is 1. The van der Waals surface area contributed by atoms with Crippen LogP contribution in [0.3, 0.4) is 0 Å². The van der Waals surface area contributed by atoms with E-state index in [1.54, 1.807) is 47.4 Å². The molecule has 1 atom stereocenters. The van der Waals surface area contributed by atoms with Gasteiger partial charge in [-0.15, -0.1) is 0 Å². The fraction of sp³-hybridized carbons (Fsp3) is 0.381. The summed E-state index contributed by atoms with van der Waals surface area (Å²) in [7, 11) is -2.28. The van der Waals surface area contributed by atoms with E-state index in [2.05, 4.69) is 5.32 Å². The molecule has 7 nitrogen and oxygen atoms in total. The molecule has 164 valence electrons. The van der Waals surface area contributed by atoms with Gasteiger partial charge in [-0.1, -0.05) is 24.6 Å². The highest BCUT2D eigenvalue weighted by Gasteiger charge is 2.21. The lowest BCUT2D eigenvalue weighted by Crippen LogP contribution is -2.40. The number of carbonyl (C=O) groups excluding carboxylic acids is 1. The van der Waals surface area contributed by atoms with Crippen LogP contribution in [0.2, 0.25) is 5.02 Å². The zero-order chi connectivity index (χ0) is 22.3.